The molecule has 0 amide bonds. The first-order chi connectivity index (χ1) is 7.97. The maximum Gasteiger partial charge on any atom is -0.0262 e. The third kappa shape index (κ3) is 10.5. The van der Waals surface area contributed by atoms with Crippen LogP contribution < -0.4 is 0 Å². The standard InChI is InChI=1S/C15H20.C2H4/c1-7-13(4)9-11-15(6)14(5)10-8-12(2)3;1-2/h8-11H,2,4-7H2,1,3H3;1-2H2/b10-8-,11-9-;. The molecule has 0 saturated heterocycles. The summed E-state index contributed by atoms with van der Waals surface area (Å²) in [7, 11) is 0. The molecule has 0 aliphatic heterocycles. The van der Waals surface area contributed by atoms with Crippen LogP contribution in [0.2, 0.25) is 0 Å². The molecule has 0 spiro atoms. The van der Waals surface area contributed by atoms with Crippen LogP contribution in [0.3, 0.4) is 0 Å². The lowest BCUT2D eigenvalue weighted by atomic mass is 10.1. The first-order valence-corrected chi connectivity index (χ1v) is 5.55. The van der Waals surface area contributed by atoms with Gasteiger partial charge in [-0.15, -0.1) is 13.2 Å². The Hall–Kier alpha value is -1.82. The van der Waals surface area contributed by atoms with Crippen molar-refractivity contribution < 1.29 is 0 Å². The first-order valence-electron chi connectivity index (χ1n) is 5.55. The Kier molecular flexibility index (Phi) is 11.0. The molecule has 92 valence electrons. The Labute approximate surface area is 107 Å². The van der Waals surface area contributed by atoms with Gasteiger partial charge in [0.05, 0.1) is 0 Å². The molecule has 0 fully saturated rings. The van der Waals surface area contributed by atoms with Gasteiger partial charge in [0, 0.05) is 0 Å². The third-order valence-electron chi connectivity index (χ3n) is 1.96. The van der Waals surface area contributed by atoms with E-state index in [2.05, 4.69) is 46.4 Å². The molecule has 0 aromatic rings. The highest BCUT2D eigenvalue weighted by molar-refractivity contribution is 5.45. The van der Waals surface area contributed by atoms with E-state index in [1.165, 1.54) is 0 Å². The average Bonchev–Trinajstić information content (AvgIpc) is 2.34. The summed E-state index contributed by atoms with van der Waals surface area (Å²) in [4.78, 5) is 0. The van der Waals surface area contributed by atoms with Crippen LogP contribution in [0.15, 0.2) is 86.1 Å². The van der Waals surface area contributed by atoms with Gasteiger partial charge in [-0.2, -0.15) is 0 Å². The highest BCUT2D eigenvalue weighted by Crippen LogP contribution is 2.11. The Bertz CT molecular complexity index is 348. The van der Waals surface area contributed by atoms with E-state index < -0.39 is 0 Å². The van der Waals surface area contributed by atoms with E-state index in [9.17, 15) is 0 Å². The first kappa shape index (κ1) is 17.6. The molecular formula is C17H24. The molecule has 0 bridgehead atoms. The molecule has 0 radical (unpaired) electrons. The summed E-state index contributed by atoms with van der Waals surface area (Å²) in [6, 6.07) is 0. The van der Waals surface area contributed by atoms with Crippen molar-refractivity contribution in [2.75, 3.05) is 0 Å². The van der Waals surface area contributed by atoms with Crippen molar-refractivity contribution >= 4 is 0 Å². The summed E-state index contributed by atoms with van der Waals surface area (Å²) in [5.41, 5.74) is 3.90. The second kappa shape index (κ2) is 10.7. The number of hydrogen-bond donors (Lipinski definition) is 0. The van der Waals surface area contributed by atoms with E-state index in [1.807, 2.05) is 31.2 Å². The summed E-state index contributed by atoms with van der Waals surface area (Å²) >= 11 is 0. The Morgan fingerprint density at radius 2 is 1.24 bits per heavy atom. The van der Waals surface area contributed by atoms with E-state index in [4.69, 9.17) is 0 Å². The van der Waals surface area contributed by atoms with Crippen molar-refractivity contribution in [3.8, 4) is 0 Å². The molecule has 0 heteroatoms. The van der Waals surface area contributed by atoms with Gasteiger partial charge in [-0.25, -0.2) is 0 Å². The minimum atomic E-state index is 0.901. The van der Waals surface area contributed by atoms with Crippen molar-refractivity contribution in [1.82, 2.24) is 0 Å². The Morgan fingerprint density at radius 1 is 0.824 bits per heavy atom. The monoisotopic (exact) mass is 228 g/mol. The predicted molar refractivity (Wildman–Crippen MR) is 82.1 cm³/mol. The van der Waals surface area contributed by atoms with E-state index in [1.54, 1.807) is 0 Å². The largest absolute Gasteiger partial charge is 0.106 e. The molecule has 0 N–H and O–H groups in total. The maximum absolute atomic E-state index is 3.93. The smallest absolute Gasteiger partial charge is 0.0262 e. The lowest BCUT2D eigenvalue weighted by Gasteiger charge is -1.99. The second-order valence-corrected chi connectivity index (χ2v) is 3.58. The van der Waals surface area contributed by atoms with Crippen LogP contribution in [0, 0.1) is 0 Å². The summed E-state index contributed by atoms with van der Waals surface area (Å²) in [6.07, 6.45) is 8.72. The van der Waals surface area contributed by atoms with Crippen LogP contribution in [0.5, 0.6) is 0 Å². The van der Waals surface area contributed by atoms with Crippen LogP contribution in [0.1, 0.15) is 20.3 Å². The van der Waals surface area contributed by atoms with E-state index in [0.29, 0.717) is 0 Å². The summed E-state index contributed by atoms with van der Waals surface area (Å²) < 4.78 is 0. The van der Waals surface area contributed by atoms with Crippen molar-refractivity contribution in [1.29, 1.82) is 0 Å². The van der Waals surface area contributed by atoms with Crippen molar-refractivity contribution in [2.24, 2.45) is 0 Å². The zero-order valence-corrected chi connectivity index (χ0v) is 11.3. The van der Waals surface area contributed by atoms with Gasteiger partial charge in [0.15, 0.2) is 0 Å². The molecule has 0 atom stereocenters. The van der Waals surface area contributed by atoms with Crippen molar-refractivity contribution in [3.05, 3.63) is 86.1 Å². The van der Waals surface area contributed by atoms with Gasteiger partial charge >= 0.3 is 0 Å². The minimum Gasteiger partial charge on any atom is -0.106 e. The summed E-state index contributed by atoms with van der Waals surface area (Å²) in [5.74, 6) is 0. The summed E-state index contributed by atoms with van der Waals surface area (Å²) in [6.45, 7) is 25.5. The van der Waals surface area contributed by atoms with Gasteiger partial charge in [0.2, 0.25) is 0 Å². The molecule has 0 rings (SSSR count). The molecule has 0 saturated carbocycles. The highest BCUT2D eigenvalue weighted by Gasteiger charge is 1.91. The predicted octanol–water partition coefficient (Wildman–Crippen LogP) is 5.56. The van der Waals surface area contributed by atoms with Crippen molar-refractivity contribution in [2.45, 2.75) is 20.3 Å². The molecule has 0 aromatic carbocycles. The normalized spacial score (nSPS) is 9.76. The molecule has 0 unspecified atom stereocenters. The fraction of sp³-hybridized carbons (Fsp3) is 0.176. The topological polar surface area (TPSA) is 0 Å². The number of allylic oxidation sites excluding steroid dienone is 8. The van der Waals surface area contributed by atoms with Gasteiger partial charge in [0.25, 0.3) is 0 Å². The van der Waals surface area contributed by atoms with Gasteiger partial charge in [0.1, 0.15) is 0 Å². The SMILES string of the molecule is C=C.C=C(C)/C=C\C(=C)C(=C)/C=C\C(=C)CC. The van der Waals surface area contributed by atoms with Gasteiger partial charge in [-0.1, -0.05) is 68.7 Å². The van der Waals surface area contributed by atoms with Crippen molar-refractivity contribution in [3.63, 3.8) is 0 Å². The molecule has 0 nitrogen and oxygen atoms in total. The lowest BCUT2D eigenvalue weighted by molar-refractivity contribution is 1.16. The lowest BCUT2D eigenvalue weighted by Crippen LogP contribution is -1.79. The quantitative estimate of drug-likeness (QED) is 0.412. The van der Waals surface area contributed by atoms with Crippen LogP contribution in [0.4, 0.5) is 0 Å². The molecule has 0 aliphatic carbocycles. The van der Waals surface area contributed by atoms with E-state index in [0.717, 1.165) is 28.7 Å². The van der Waals surface area contributed by atoms with Gasteiger partial charge in [-0.3, -0.25) is 0 Å². The van der Waals surface area contributed by atoms with Crippen LogP contribution in [0.25, 0.3) is 0 Å². The third-order valence-corrected chi connectivity index (χ3v) is 1.96. The van der Waals surface area contributed by atoms with Gasteiger partial charge in [-0.05, 0) is 24.5 Å². The van der Waals surface area contributed by atoms with E-state index in [-0.39, 0.29) is 0 Å². The number of hydrogen-bond acceptors (Lipinski definition) is 0. The second-order valence-electron chi connectivity index (χ2n) is 3.58. The van der Waals surface area contributed by atoms with Gasteiger partial charge < -0.3 is 0 Å². The molecular weight excluding hydrogens is 204 g/mol. The Morgan fingerprint density at radius 3 is 1.59 bits per heavy atom. The fourth-order valence-corrected chi connectivity index (χ4v) is 0.793. The minimum absolute atomic E-state index is 0.901. The van der Waals surface area contributed by atoms with Crippen LogP contribution in [-0.4, -0.2) is 0 Å². The van der Waals surface area contributed by atoms with Crippen LogP contribution in [-0.2, 0) is 0 Å². The maximum atomic E-state index is 3.93. The zero-order chi connectivity index (χ0) is 13.8. The fourth-order valence-electron chi connectivity index (χ4n) is 0.793. The Balaban J connectivity index is 0. The highest BCUT2D eigenvalue weighted by atomic mass is 14.0. The van der Waals surface area contributed by atoms with Crippen LogP contribution >= 0.6 is 0 Å². The molecule has 0 heterocycles. The summed E-state index contributed by atoms with van der Waals surface area (Å²) in [5, 5.41) is 0. The molecule has 0 aliphatic rings. The number of rotatable bonds is 6. The van der Waals surface area contributed by atoms with E-state index >= 15 is 0 Å². The average molecular weight is 228 g/mol. The molecule has 0 aromatic heterocycles. The molecule has 17 heavy (non-hydrogen) atoms. The zero-order valence-electron chi connectivity index (χ0n) is 11.3.